The van der Waals surface area contributed by atoms with Crippen molar-refractivity contribution >= 4 is 11.7 Å². The quantitative estimate of drug-likeness (QED) is 0.691. The summed E-state index contributed by atoms with van der Waals surface area (Å²) in [6.45, 7) is 7.01. The van der Waals surface area contributed by atoms with Crippen LogP contribution in [0.4, 0.5) is 10.5 Å². The van der Waals surface area contributed by atoms with E-state index in [-0.39, 0.29) is 11.8 Å². The number of phenols is 1. The van der Waals surface area contributed by atoms with E-state index in [4.69, 9.17) is 4.42 Å². The zero-order valence-electron chi connectivity index (χ0n) is 17.3. The number of aromatic nitrogens is 1. The molecule has 7 nitrogen and oxygen atoms in total. The van der Waals surface area contributed by atoms with Crippen molar-refractivity contribution in [2.45, 2.75) is 20.4 Å². The Bertz CT molecular complexity index is 1020. The van der Waals surface area contributed by atoms with Crippen LogP contribution in [0, 0.1) is 13.8 Å². The Kier molecular flexibility index (Phi) is 5.61. The number of aromatic hydroxyl groups is 1. The number of hydrogen-bond donors (Lipinski definition) is 2. The van der Waals surface area contributed by atoms with Gasteiger partial charge in [0.2, 0.25) is 0 Å². The molecule has 0 bridgehead atoms. The summed E-state index contributed by atoms with van der Waals surface area (Å²) >= 11 is 0. The molecule has 0 aliphatic carbocycles. The molecular formula is C23H26N4O3. The lowest BCUT2D eigenvalue weighted by molar-refractivity contribution is 0.194. The van der Waals surface area contributed by atoms with Crippen LogP contribution in [-0.4, -0.2) is 47.2 Å². The first-order valence-electron chi connectivity index (χ1n) is 10.1. The average Bonchev–Trinajstić information content (AvgIpc) is 3.19. The molecule has 0 unspecified atom stereocenters. The molecule has 30 heavy (non-hydrogen) atoms. The first kappa shape index (κ1) is 19.8. The molecule has 1 aliphatic rings. The average molecular weight is 406 g/mol. The van der Waals surface area contributed by atoms with E-state index in [1.54, 1.807) is 19.2 Å². The van der Waals surface area contributed by atoms with Crippen molar-refractivity contribution in [2.24, 2.45) is 0 Å². The number of hydrogen-bond acceptors (Lipinski definition) is 5. The number of piperazine rings is 1. The summed E-state index contributed by atoms with van der Waals surface area (Å²) in [5.41, 5.74) is 3.84. The van der Waals surface area contributed by atoms with Gasteiger partial charge in [0.05, 0.1) is 11.8 Å². The number of benzene rings is 2. The Hall–Kier alpha value is -3.48. The zero-order valence-corrected chi connectivity index (χ0v) is 17.3. The third-order valence-electron chi connectivity index (χ3n) is 5.36. The number of phenolic OH excluding ortho intramolecular Hbond substituents is 1. The number of amides is 2. The van der Waals surface area contributed by atoms with Gasteiger partial charge < -0.3 is 24.6 Å². The van der Waals surface area contributed by atoms with Gasteiger partial charge in [-0.15, -0.1) is 0 Å². The van der Waals surface area contributed by atoms with Crippen LogP contribution in [0.15, 0.2) is 53.1 Å². The topological polar surface area (TPSA) is 81.8 Å². The maximum Gasteiger partial charge on any atom is 0.317 e. The van der Waals surface area contributed by atoms with E-state index >= 15 is 0 Å². The van der Waals surface area contributed by atoms with Crippen LogP contribution in [-0.2, 0) is 6.54 Å². The molecule has 2 N–H and O–H groups in total. The molecule has 0 spiro atoms. The Morgan fingerprint density at radius 3 is 2.47 bits per heavy atom. The van der Waals surface area contributed by atoms with Crippen molar-refractivity contribution in [2.75, 3.05) is 31.1 Å². The van der Waals surface area contributed by atoms with E-state index in [0.717, 1.165) is 11.3 Å². The molecule has 2 heterocycles. The van der Waals surface area contributed by atoms with Crippen LogP contribution in [0.2, 0.25) is 0 Å². The van der Waals surface area contributed by atoms with E-state index < -0.39 is 0 Å². The zero-order chi connectivity index (χ0) is 21.1. The Balaban J connectivity index is 1.32. The predicted octanol–water partition coefficient (Wildman–Crippen LogP) is 3.70. The molecule has 3 aromatic rings. The maximum absolute atomic E-state index is 12.5. The summed E-state index contributed by atoms with van der Waals surface area (Å²) in [4.78, 5) is 20.6. The number of carbonyl (C=O) groups is 1. The lowest BCUT2D eigenvalue weighted by Crippen LogP contribution is -2.51. The molecule has 2 amide bonds. The number of oxazole rings is 1. The van der Waals surface area contributed by atoms with Crippen molar-refractivity contribution in [3.05, 3.63) is 65.7 Å². The van der Waals surface area contributed by atoms with Gasteiger partial charge in [0.15, 0.2) is 11.7 Å². The standard InChI is InChI=1S/C23H26N4O3/c1-16-3-5-18(6-4-16)14-25-23(29)27-11-9-26(10-12-27)19-7-8-20(21(28)13-19)22-15-24-17(2)30-22/h3-8,13,15,28H,9-12,14H2,1-2H3,(H,25,29). The number of anilines is 1. The van der Waals surface area contributed by atoms with Crippen molar-refractivity contribution in [1.29, 1.82) is 0 Å². The second-order valence-corrected chi connectivity index (χ2v) is 7.56. The Morgan fingerprint density at radius 1 is 1.10 bits per heavy atom. The molecular weight excluding hydrogens is 380 g/mol. The maximum atomic E-state index is 12.5. The van der Waals surface area contributed by atoms with Crippen LogP contribution in [0.3, 0.4) is 0 Å². The molecule has 1 saturated heterocycles. The van der Waals surface area contributed by atoms with Crippen molar-refractivity contribution in [3.63, 3.8) is 0 Å². The van der Waals surface area contributed by atoms with Gasteiger partial charge in [-0.05, 0) is 24.6 Å². The second-order valence-electron chi connectivity index (χ2n) is 7.56. The van der Waals surface area contributed by atoms with Gasteiger partial charge >= 0.3 is 6.03 Å². The molecule has 4 rings (SSSR count). The summed E-state index contributed by atoms with van der Waals surface area (Å²) in [5, 5.41) is 13.4. The molecule has 156 valence electrons. The SMILES string of the molecule is Cc1ccc(CNC(=O)N2CCN(c3ccc(-c4cnc(C)o4)c(O)c3)CC2)cc1. The first-order valence-corrected chi connectivity index (χ1v) is 10.1. The third-order valence-corrected chi connectivity index (χ3v) is 5.36. The molecule has 1 fully saturated rings. The number of carbonyl (C=O) groups excluding carboxylic acids is 1. The number of nitrogens with one attached hydrogen (secondary N) is 1. The highest BCUT2D eigenvalue weighted by atomic mass is 16.4. The van der Waals surface area contributed by atoms with Gasteiger partial charge in [0, 0.05) is 51.4 Å². The predicted molar refractivity (Wildman–Crippen MR) is 116 cm³/mol. The van der Waals surface area contributed by atoms with E-state index in [2.05, 4.69) is 15.2 Å². The van der Waals surface area contributed by atoms with Gasteiger partial charge in [-0.1, -0.05) is 29.8 Å². The molecule has 1 aromatic heterocycles. The van der Waals surface area contributed by atoms with Crippen LogP contribution in [0.5, 0.6) is 5.75 Å². The van der Waals surface area contributed by atoms with E-state index in [1.165, 1.54) is 5.56 Å². The van der Waals surface area contributed by atoms with Crippen LogP contribution < -0.4 is 10.2 Å². The van der Waals surface area contributed by atoms with E-state index in [0.29, 0.717) is 49.9 Å². The number of urea groups is 1. The largest absolute Gasteiger partial charge is 0.507 e. The molecule has 0 atom stereocenters. The first-order chi connectivity index (χ1) is 14.5. The minimum Gasteiger partial charge on any atom is -0.507 e. The van der Waals surface area contributed by atoms with Gasteiger partial charge in [-0.2, -0.15) is 0 Å². The molecule has 2 aromatic carbocycles. The van der Waals surface area contributed by atoms with Gasteiger partial charge in [-0.3, -0.25) is 0 Å². The smallest absolute Gasteiger partial charge is 0.317 e. The Morgan fingerprint density at radius 2 is 1.83 bits per heavy atom. The lowest BCUT2D eigenvalue weighted by atomic mass is 10.1. The van der Waals surface area contributed by atoms with Crippen molar-refractivity contribution in [3.8, 4) is 17.1 Å². The van der Waals surface area contributed by atoms with Crippen LogP contribution in [0.1, 0.15) is 17.0 Å². The normalized spacial score (nSPS) is 14.1. The molecule has 1 aliphatic heterocycles. The van der Waals surface area contributed by atoms with Crippen LogP contribution in [0.25, 0.3) is 11.3 Å². The summed E-state index contributed by atoms with van der Waals surface area (Å²) in [5.74, 6) is 1.26. The monoisotopic (exact) mass is 406 g/mol. The van der Waals surface area contributed by atoms with E-state index in [9.17, 15) is 9.90 Å². The molecule has 0 saturated carbocycles. The summed E-state index contributed by atoms with van der Waals surface area (Å²) in [6, 6.07) is 13.6. The minimum atomic E-state index is -0.0471. The number of nitrogens with zero attached hydrogens (tertiary/aromatic N) is 3. The fourth-order valence-electron chi connectivity index (χ4n) is 3.57. The van der Waals surface area contributed by atoms with Crippen molar-refractivity contribution in [1.82, 2.24) is 15.2 Å². The summed E-state index contributed by atoms with van der Waals surface area (Å²) in [6.07, 6.45) is 1.61. The molecule has 0 radical (unpaired) electrons. The van der Waals surface area contributed by atoms with Gasteiger partial charge in [-0.25, -0.2) is 9.78 Å². The van der Waals surface area contributed by atoms with Gasteiger partial charge in [0.25, 0.3) is 0 Å². The fourth-order valence-corrected chi connectivity index (χ4v) is 3.57. The number of aryl methyl sites for hydroxylation is 2. The van der Waals surface area contributed by atoms with Gasteiger partial charge in [0.1, 0.15) is 5.75 Å². The van der Waals surface area contributed by atoms with Crippen molar-refractivity contribution < 1.29 is 14.3 Å². The highest BCUT2D eigenvalue weighted by Gasteiger charge is 2.22. The highest BCUT2D eigenvalue weighted by molar-refractivity contribution is 5.75. The van der Waals surface area contributed by atoms with Crippen LogP contribution >= 0.6 is 0 Å². The fraction of sp³-hybridized carbons (Fsp3) is 0.304. The second kappa shape index (κ2) is 8.49. The summed E-state index contributed by atoms with van der Waals surface area (Å²) in [7, 11) is 0. The Labute approximate surface area is 175 Å². The minimum absolute atomic E-state index is 0.0471. The summed E-state index contributed by atoms with van der Waals surface area (Å²) < 4.78 is 5.50. The molecule has 7 heteroatoms. The van der Waals surface area contributed by atoms with E-state index in [1.807, 2.05) is 48.2 Å². The third kappa shape index (κ3) is 4.40. The number of rotatable bonds is 4. The lowest BCUT2D eigenvalue weighted by Gasteiger charge is -2.36. The highest BCUT2D eigenvalue weighted by Crippen LogP contribution is 2.33.